The summed E-state index contributed by atoms with van der Waals surface area (Å²) in [5, 5.41) is 2.84. The largest absolute Gasteiger partial charge is 0.350 e. The van der Waals surface area contributed by atoms with Crippen molar-refractivity contribution in [1.29, 1.82) is 0 Å². The number of nitrogens with zero attached hydrogens (tertiary/aromatic N) is 2. The highest BCUT2D eigenvalue weighted by Crippen LogP contribution is 1.98. The van der Waals surface area contributed by atoms with E-state index in [4.69, 9.17) is 0 Å². The zero-order chi connectivity index (χ0) is 15.7. The molecule has 0 spiro atoms. The van der Waals surface area contributed by atoms with E-state index in [2.05, 4.69) is 10.2 Å². The summed E-state index contributed by atoms with van der Waals surface area (Å²) < 4.78 is 0. The first-order valence-corrected chi connectivity index (χ1v) is 7.24. The van der Waals surface area contributed by atoms with Crippen LogP contribution >= 0.6 is 0 Å². The van der Waals surface area contributed by atoms with Crippen LogP contribution in [0, 0.1) is 0 Å². The van der Waals surface area contributed by atoms with Crippen LogP contribution in [0.25, 0.3) is 0 Å². The van der Waals surface area contributed by atoms with Crippen molar-refractivity contribution in [3.8, 4) is 0 Å². The Balaban J connectivity index is 2.33. The molecule has 0 radical (unpaired) electrons. The van der Waals surface area contributed by atoms with Gasteiger partial charge < -0.3 is 15.1 Å². The zero-order valence-corrected chi connectivity index (χ0v) is 13.1. The summed E-state index contributed by atoms with van der Waals surface area (Å²) >= 11 is 0. The molecule has 0 aliphatic carbocycles. The van der Waals surface area contributed by atoms with Gasteiger partial charge in [0.25, 0.3) is 5.91 Å². The molecule has 0 saturated carbocycles. The predicted molar refractivity (Wildman–Crippen MR) is 84.2 cm³/mol. The molecule has 21 heavy (non-hydrogen) atoms. The van der Waals surface area contributed by atoms with E-state index in [1.807, 2.05) is 32.3 Å². The smallest absolute Gasteiger partial charge is 0.251 e. The number of rotatable bonds is 8. The predicted octanol–water partition coefficient (Wildman–Crippen LogP) is 1.22. The molecule has 1 aromatic carbocycles. The molecule has 0 aliphatic heterocycles. The molecule has 0 fully saturated rings. The summed E-state index contributed by atoms with van der Waals surface area (Å²) in [5.74, 6) is -0.0601. The van der Waals surface area contributed by atoms with Crippen LogP contribution in [0.4, 0.5) is 0 Å². The Morgan fingerprint density at radius 2 is 1.71 bits per heavy atom. The van der Waals surface area contributed by atoms with Crippen LogP contribution < -0.4 is 5.32 Å². The van der Waals surface area contributed by atoms with Crippen LogP contribution in [-0.4, -0.2) is 61.9 Å². The second-order valence-electron chi connectivity index (χ2n) is 5.28. The van der Waals surface area contributed by atoms with Crippen molar-refractivity contribution in [3.05, 3.63) is 35.9 Å². The molecule has 0 aromatic heterocycles. The van der Waals surface area contributed by atoms with E-state index in [-0.39, 0.29) is 11.8 Å². The minimum atomic E-state index is -0.104. The number of hydrogen-bond acceptors (Lipinski definition) is 3. The van der Waals surface area contributed by atoms with Gasteiger partial charge in [0.1, 0.15) is 0 Å². The number of carbonyl (C=O) groups excluding carboxylic acids is 2. The molecule has 5 nitrogen and oxygen atoms in total. The van der Waals surface area contributed by atoms with E-state index in [1.165, 1.54) is 0 Å². The van der Waals surface area contributed by atoms with Gasteiger partial charge in [-0.15, -0.1) is 0 Å². The molecule has 0 saturated heterocycles. The molecule has 5 heteroatoms. The van der Waals surface area contributed by atoms with Gasteiger partial charge in [-0.1, -0.05) is 18.2 Å². The van der Waals surface area contributed by atoms with Gasteiger partial charge in [-0.05, 0) is 39.2 Å². The Kier molecular flexibility index (Phi) is 7.46. The lowest BCUT2D eigenvalue weighted by Gasteiger charge is -2.22. The monoisotopic (exact) mass is 291 g/mol. The molecule has 0 heterocycles. The van der Waals surface area contributed by atoms with Gasteiger partial charge in [0.15, 0.2) is 0 Å². The first-order valence-electron chi connectivity index (χ1n) is 7.24. The Hall–Kier alpha value is -1.88. The second-order valence-corrected chi connectivity index (χ2v) is 5.28. The normalized spacial score (nSPS) is 10.5. The number of nitrogens with one attached hydrogen (secondary N) is 1. The van der Waals surface area contributed by atoms with Crippen LogP contribution in [0.5, 0.6) is 0 Å². The van der Waals surface area contributed by atoms with E-state index < -0.39 is 0 Å². The molecule has 2 amide bonds. The van der Waals surface area contributed by atoms with Crippen LogP contribution in [-0.2, 0) is 4.79 Å². The average Bonchev–Trinajstić information content (AvgIpc) is 2.45. The standard InChI is InChI=1S/C16H25N3O2/c1-14(20)19(12-7-11-18(2)3)13-10-17-16(21)15-8-5-4-6-9-15/h4-6,8-9H,7,10-13H2,1-3H3,(H,17,21). The summed E-state index contributed by atoms with van der Waals surface area (Å²) in [6.45, 7) is 4.24. The van der Waals surface area contributed by atoms with Crippen molar-refractivity contribution in [2.24, 2.45) is 0 Å². The van der Waals surface area contributed by atoms with Gasteiger partial charge in [0, 0.05) is 32.1 Å². The first-order chi connectivity index (χ1) is 10.0. The molecule has 1 N–H and O–H groups in total. The minimum absolute atomic E-state index is 0.0442. The van der Waals surface area contributed by atoms with E-state index in [9.17, 15) is 9.59 Å². The van der Waals surface area contributed by atoms with Gasteiger partial charge in [-0.2, -0.15) is 0 Å². The van der Waals surface area contributed by atoms with Crippen molar-refractivity contribution in [2.75, 3.05) is 40.3 Å². The van der Waals surface area contributed by atoms with E-state index in [0.717, 1.165) is 13.0 Å². The van der Waals surface area contributed by atoms with E-state index in [0.29, 0.717) is 25.2 Å². The summed E-state index contributed by atoms with van der Waals surface area (Å²) in [5.41, 5.74) is 0.638. The lowest BCUT2D eigenvalue weighted by Crippen LogP contribution is -2.38. The molecular weight excluding hydrogens is 266 g/mol. The number of hydrogen-bond donors (Lipinski definition) is 1. The third kappa shape index (κ3) is 6.90. The van der Waals surface area contributed by atoms with Crippen LogP contribution in [0.3, 0.4) is 0 Å². The quantitative estimate of drug-likeness (QED) is 0.783. The lowest BCUT2D eigenvalue weighted by atomic mass is 10.2. The Labute approximate surface area is 126 Å². The van der Waals surface area contributed by atoms with Gasteiger partial charge in [-0.3, -0.25) is 9.59 Å². The van der Waals surface area contributed by atoms with Crippen molar-refractivity contribution in [2.45, 2.75) is 13.3 Å². The van der Waals surface area contributed by atoms with Crippen LogP contribution in [0.15, 0.2) is 30.3 Å². The SMILES string of the molecule is CC(=O)N(CCCN(C)C)CCNC(=O)c1ccccc1. The van der Waals surface area contributed by atoms with Gasteiger partial charge in [0.05, 0.1) is 0 Å². The minimum Gasteiger partial charge on any atom is -0.350 e. The molecule has 0 bridgehead atoms. The fraction of sp³-hybridized carbons (Fsp3) is 0.500. The fourth-order valence-electron chi connectivity index (χ4n) is 2.00. The van der Waals surface area contributed by atoms with Crippen LogP contribution in [0.2, 0.25) is 0 Å². The average molecular weight is 291 g/mol. The van der Waals surface area contributed by atoms with Crippen LogP contribution in [0.1, 0.15) is 23.7 Å². The third-order valence-corrected chi connectivity index (χ3v) is 3.18. The highest BCUT2D eigenvalue weighted by Gasteiger charge is 2.09. The molecule has 0 aliphatic rings. The van der Waals surface area contributed by atoms with Gasteiger partial charge in [0.2, 0.25) is 5.91 Å². The Morgan fingerprint density at radius 3 is 2.29 bits per heavy atom. The highest BCUT2D eigenvalue weighted by atomic mass is 16.2. The van der Waals surface area contributed by atoms with Gasteiger partial charge >= 0.3 is 0 Å². The Morgan fingerprint density at radius 1 is 1.05 bits per heavy atom. The second kappa shape index (κ2) is 9.13. The van der Waals surface area contributed by atoms with E-state index in [1.54, 1.807) is 24.0 Å². The third-order valence-electron chi connectivity index (χ3n) is 3.18. The van der Waals surface area contributed by atoms with Crippen molar-refractivity contribution >= 4 is 11.8 Å². The summed E-state index contributed by atoms with van der Waals surface area (Å²) in [4.78, 5) is 27.3. The molecule has 1 aromatic rings. The van der Waals surface area contributed by atoms with Crippen molar-refractivity contribution < 1.29 is 9.59 Å². The maximum atomic E-state index is 11.9. The van der Waals surface area contributed by atoms with Crippen molar-refractivity contribution in [1.82, 2.24) is 15.1 Å². The summed E-state index contributed by atoms with van der Waals surface area (Å²) in [6.07, 6.45) is 0.930. The fourth-order valence-corrected chi connectivity index (χ4v) is 2.00. The zero-order valence-electron chi connectivity index (χ0n) is 13.1. The number of amides is 2. The molecule has 116 valence electrons. The number of carbonyl (C=O) groups is 2. The summed E-state index contributed by atoms with van der Waals surface area (Å²) in [7, 11) is 4.02. The molecule has 1 rings (SSSR count). The maximum Gasteiger partial charge on any atom is 0.251 e. The molecule has 0 atom stereocenters. The Bertz CT molecular complexity index is 446. The highest BCUT2D eigenvalue weighted by molar-refractivity contribution is 5.94. The first kappa shape index (κ1) is 17.2. The van der Waals surface area contributed by atoms with Gasteiger partial charge in [-0.25, -0.2) is 0 Å². The van der Waals surface area contributed by atoms with Crippen molar-refractivity contribution in [3.63, 3.8) is 0 Å². The maximum absolute atomic E-state index is 11.9. The molecular formula is C16H25N3O2. The topological polar surface area (TPSA) is 52.7 Å². The number of benzene rings is 1. The lowest BCUT2D eigenvalue weighted by molar-refractivity contribution is -0.128. The van der Waals surface area contributed by atoms with E-state index >= 15 is 0 Å². The molecule has 0 unspecified atom stereocenters. The summed E-state index contributed by atoms with van der Waals surface area (Å²) in [6, 6.07) is 9.08.